The maximum Gasteiger partial charge on any atom is 0.349 e. The number of nitriles is 2. The molecule has 0 N–H and O–H groups in total. The monoisotopic (exact) mass is 766 g/mol. The Morgan fingerprint density at radius 2 is 1.18 bits per heavy atom. The highest BCUT2D eigenvalue weighted by Gasteiger charge is 2.20. The molecular formula is C41H46F4N4O6. The minimum atomic E-state index is -1.04. The third-order valence-corrected chi connectivity index (χ3v) is 8.22. The average molecular weight is 767 g/mol. The van der Waals surface area contributed by atoms with E-state index in [9.17, 15) is 33.7 Å². The van der Waals surface area contributed by atoms with Gasteiger partial charge in [-0.3, -0.25) is 0 Å². The molecule has 14 heteroatoms. The lowest BCUT2D eigenvalue weighted by Gasteiger charge is -2.24. The van der Waals surface area contributed by atoms with Crippen molar-refractivity contribution in [1.82, 2.24) is 0 Å². The number of esters is 3. The number of carbonyl (C=O) groups excluding carboxylic acids is 3. The third-order valence-electron chi connectivity index (χ3n) is 8.22. The van der Waals surface area contributed by atoms with Crippen molar-refractivity contribution in [2.24, 2.45) is 0 Å². The molecule has 0 aromatic heterocycles. The van der Waals surface area contributed by atoms with Crippen molar-refractivity contribution in [2.45, 2.75) is 58.8 Å². The number of anilines is 2. The van der Waals surface area contributed by atoms with Crippen LogP contribution < -0.4 is 9.80 Å². The molecule has 0 aliphatic rings. The first-order chi connectivity index (χ1) is 26.4. The van der Waals surface area contributed by atoms with Gasteiger partial charge < -0.3 is 24.0 Å². The maximum atomic E-state index is 15.2. The van der Waals surface area contributed by atoms with Crippen LogP contribution in [0.5, 0.6) is 0 Å². The molecule has 2 aromatic rings. The second kappa shape index (κ2) is 24.4. The van der Waals surface area contributed by atoms with Gasteiger partial charge >= 0.3 is 17.9 Å². The lowest BCUT2D eigenvalue weighted by Crippen LogP contribution is -2.26. The SMILES string of the molecule is C=CCCOC(=O)/C(C#N)=C/c1c(F)cc(N(CC)CCCCCCCCN(CC)c2c(F)cc(/C=C(\C#N)C(=O)OCCOC(=O)C=C)cc2F)cc1F. The molecule has 0 atom stereocenters. The predicted molar refractivity (Wildman–Crippen MR) is 201 cm³/mol. The first-order valence-electron chi connectivity index (χ1n) is 17.9. The molecule has 0 aliphatic heterocycles. The van der Waals surface area contributed by atoms with Gasteiger partial charge in [0.25, 0.3) is 0 Å². The highest BCUT2D eigenvalue weighted by Crippen LogP contribution is 2.28. The minimum absolute atomic E-state index is 0.00959. The smallest absolute Gasteiger partial charge is 0.349 e. The van der Waals surface area contributed by atoms with Crippen molar-refractivity contribution in [1.29, 1.82) is 10.5 Å². The zero-order valence-corrected chi connectivity index (χ0v) is 31.2. The molecule has 0 aliphatic carbocycles. The van der Waals surface area contributed by atoms with E-state index in [1.54, 1.807) is 24.0 Å². The molecule has 294 valence electrons. The molecule has 0 saturated heterocycles. The van der Waals surface area contributed by atoms with Crippen LogP contribution in [0, 0.1) is 45.9 Å². The van der Waals surface area contributed by atoms with Gasteiger partial charge in [0, 0.05) is 43.5 Å². The second-order valence-corrected chi connectivity index (χ2v) is 12.0. The number of nitrogens with zero attached hydrogens (tertiary/aromatic N) is 4. The van der Waals surface area contributed by atoms with Crippen LogP contribution in [-0.4, -0.2) is 63.9 Å². The summed E-state index contributed by atoms with van der Waals surface area (Å²) in [5, 5.41) is 18.7. The minimum Gasteiger partial charge on any atom is -0.461 e. The van der Waals surface area contributed by atoms with Crippen molar-refractivity contribution in [3.05, 3.63) is 95.1 Å². The fraction of sp³-hybridized carbons (Fsp3) is 0.390. The van der Waals surface area contributed by atoms with Crippen LogP contribution in [0.25, 0.3) is 12.2 Å². The van der Waals surface area contributed by atoms with Crippen LogP contribution in [0.2, 0.25) is 0 Å². The first-order valence-corrected chi connectivity index (χ1v) is 17.9. The Bertz CT molecular complexity index is 1770. The molecule has 0 bridgehead atoms. The fourth-order valence-corrected chi connectivity index (χ4v) is 5.38. The Morgan fingerprint density at radius 3 is 1.69 bits per heavy atom. The quantitative estimate of drug-likeness (QED) is 0.0196. The van der Waals surface area contributed by atoms with E-state index < -0.39 is 57.9 Å². The number of rotatable bonds is 24. The van der Waals surface area contributed by atoms with Gasteiger partial charge in [0.05, 0.1) is 6.61 Å². The molecule has 0 unspecified atom stereocenters. The maximum absolute atomic E-state index is 15.2. The summed E-state index contributed by atoms with van der Waals surface area (Å²) >= 11 is 0. The van der Waals surface area contributed by atoms with Gasteiger partial charge in [-0.15, -0.1) is 6.58 Å². The van der Waals surface area contributed by atoms with Gasteiger partial charge in [0.2, 0.25) is 0 Å². The summed E-state index contributed by atoms with van der Waals surface area (Å²) in [5.74, 6) is -6.27. The Morgan fingerprint density at radius 1 is 0.691 bits per heavy atom. The van der Waals surface area contributed by atoms with Gasteiger partial charge in [-0.05, 0) is 75.1 Å². The van der Waals surface area contributed by atoms with Gasteiger partial charge in [-0.25, -0.2) is 31.9 Å². The van der Waals surface area contributed by atoms with E-state index in [2.05, 4.69) is 17.9 Å². The summed E-state index contributed by atoms with van der Waals surface area (Å²) < 4.78 is 74.7. The van der Waals surface area contributed by atoms with Gasteiger partial charge in [0.15, 0.2) is 0 Å². The summed E-state index contributed by atoms with van der Waals surface area (Å²) in [5.41, 5.74) is -1.45. The van der Waals surface area contributed by atoms with E-state index in [4.69, 9.17) is 9.47 Å². The van der Waals surface area contributed by atoms with Crippen LogP contribution in [0.1, 0.15) is 69.9 Å². The lowest BCUT2D eigenvalue weighted by molar-refractivity contribution is -0.146. The van der Waals surface area contributed by atoms with Crippen LogP contribution in [0.3, 0.4) is 0 Å². The van der Waals surface area contributed by atoms with Crippen molar-refractivity contribution in [3.63, 3.8) is 0 Å². The predicted octanol–water partition coefficient (Wildman–Crippen LogP) is 8.14. The van der Waals surface area contributed by atoms with Crippen LogP contribution in [0.15, 0.2) is 60.7 Å². The summed E-state index contributed by atoms with van der Waals surface area (Å²) in [6.07, 6.45) is 9.50. The molecule has 0 spiro atoms. The summed E-state index contributed by atoms with van der Waals surface area (Å²) in [6.45, 7) is 11.6. The highest BCUT2D eigenvalue weighted by atomic mass is 19.1. The molecule has 10 nitrogen and oxygen atoms in total. The Kier molecular flexibility index (Phi) is 20.1. The van der Waals surface area contributed by atoms with Crippen molar-refractivity contribution in [2.75, 3.05) is 55.8 Å². The number of carbonyl (C=O) groups is 3. The molecule has 55 heavy (non-hydrogen) atoms. The number of hydrogen-bond donors (Lipinski definition) is 0. The molecule has 0 fully saturated rings. The number of unbranched alkanes of at least 4 members (excludes halogenated alkanes) is 5. The molecule has 2 aromatic carbocycles. The van der Waals surface area contributed by atoms with Crippen LogP contribution in [0.4, 0.5) is 28.9 Å². The van der Waals surface area contributed by atoms with Crippen molar-refractivity contribution in [3.8, 4) is 12.1 Å². The first kappa shape index (κ1) is 45.3. The van der Waals surface area contributed by atoms with Crippen LogP contribution >= 0.6 is 0 Å². The zero-order valence-electron chi connectivity index (χ0n) is 31.2. The van der Waals surface area contributed by atoms with Gasteiger partial charge in [-0.2, -0.15) is 10.5 Å². The number of hydrogen-bond acceptors (Lipinski definition) is 10. The van der Waals surface area contributed by atoms with E-state index in [-0.39, 0.29) is 31.1 Å². The van der Waals surface area contributed by atoms with E-state index in [1.807, 2.05) is 11.8 Å². The largest absolute Gasteiger partial charge is 0.461 e. The lowest BCUT2D eigenvalue weighted by atomic mass is 10.1. The number of halogens is 4. The number of benzene rings is 2. The zero-order chi connectivity index (χ0) is 40.8. The van der Waals surface area contributed by atoms with Crippen LogP contribution in [-0.2, 0) is 28.6 Å². The molecule has 0 heterocycles. The summed E-state index contributed by atoms with van der Waals surface area (Å²) in [6, 6.07) is 7.66. The standard InChI is InChI=1S/C41H46F4N4O6/c1-5-9-18-54-41(52)31(28-47)24-33-34(42)25-32(26-35(33)43)48(7-3)16-14-12-10-11-13-15-17-49(8-4)39-36(44)22-29(23-37(39)45)21-30(27-46)40(51)55-20-19-53-38(50)6-2/h5-6,21-26H,1-2,7-20H2,3-4H3/b30-21+,31-24+. The van der Waals surface area contributed by atoms with Gasteiger partial charge in [-0.1, -0.05) is 38.3 Å². The number of ether oxygens (including phenoxy) is 3. The van der Waals surface area contributed by atoms with E-state index in [0.29, 0.717) is 44.7 Å². The Hall–Kier alpha value is -5.89. The van der Waals surface area contributed by atoms with E-state index in [0.717, 1.165) is 62.5 Å². The third kappa shape index (κ3) is 14.8. The van der Waals surface area contributed by atoms with Crippen molar-refractivity contribution >= 4 is 41.4 Å². The molecule has 0 amide bonds. The summed E-state index contributed by atoms with van der Waals surface area (Å²) in [4.78, 5) is 38.8. The normalized spacial score (nSPS) is 11.2. The average Bonchev–Trinajstić information content (AvgIpc) is 3.16. The van der Waals surface area contributed by atoms with E-state index in [1.165, 1.54) is 18.2 Å². The molecular weight excluding hydrogens is 720 g/mol. The van der Waals surface area contributed by atoms with Gasteiger partial charge in [0.1, 0.15) is 65.5 Å². The molecule has 0 radical (unpaired) electrons. The topological polar surface area (TPSA) is 133 Å². The van der Waals surface area contributed by atoms with E-state index >= 15 is 8.78 Å². The molecule has 2 rings (SSSR count). The Labute approximate surface area is 319 Å². The van der Waals surface area contributed by atoms with Crippen molar-refractivity contribution < 1.29 is 46.2 Å². The Balaban J connectivity index is 1.88. The fourth-order valence-electron chi connectivity index (χ4n) is 5.38. The second-order valence-electron chi connectivity index (χ2n) is 12.0. The summed E-state index contributed by atoms with van der Waals surface area (Å²) in [7, 11) is 0. The molecule has 0 saturated carbocycles. The highest BCUT2D eigenvalue weighted by molar-refractivity contribution is 5.98.